The number of amides is 3. The third-order valence-corrected chi connectivity index (χ3v) is 3.77. The largest absolute Gasteiger partial charge is 0.372 e. The standard InChI is InChI=1S/C18H25N3O3/c1-4-9-19-18(23)20-10-15-5-7-16(8-6-15)17(22)21-11-13(2)24-14(3)12-21/h4-8,13-14H,1,9-12H2,2-3H3,(H2,19,20,23)/t13-,14-/m1/s1. The first-order valence-electron chi connectivity index (χ1n) is 8.16. The monoisotopic (exact) mass is 331 g/mol. The Morgan fingerprint density at radius 1 is 1.21 bits per heavy atom. The van der Waals surface area contributed by atoms with Crippen LogP contribution in [0.4, 0.5) is 4.79 Å². The summed E-state index contributed by atoms with van der Waals surface area (Å²) in [5, 5.41) is 5.39. The van der Waals surface area contributed by atoms with Crippen molar-refractivity contribution >= 4 is 11.9 Å². The highest BCUT2D eigenvalue weighted by molar-refractivity contribution is 5.94. The average Bonchev–Trinajstić information content (AvgIpc) is 2.57. The molecule has 1 heterocycles. The number of urea groups is 1. The van der Waals surface area contributed by atoms with Crippen molar-refractivity contribution in [1.29, 1.82) is 0 Å². The fourth-order valence-corrected chi connectivity index (χ4v) is 2.70. The summed E-state index contributed by atoms with van der Waals surface area (Å²) in [6.07, 6.45) is 1.72. The molecule has 2 rings (SSSR count). The number of nitrogens with zero attached hydrogens (tertiary/aromatic N) is 1. The molecule has 2 atom stereocenters. The number of nitrogens with one attached hydrogen (secondary N) is 2. The van der Waals surface area contributed by atoms with Gasteiger partial charge in [-0.1, -0.05) is 18.2 Å². The van der Waals surface area contributed by atoms with E-state index >= 15 is 0 Å². The Morgan fingerprint density at radius 2 is 1.83 bits per heavy atom. The molecule has 0 aliphatic carbocycles. The van der Waals surface area contributed by atoms with Crippen LogP contribution >= 0.6 is 0 Å². The second-order valence-electron chi connectivity index (χ2n) is 6.02. The van der Waals surface area contributed by atoms with Gasteiger partial charge in [0.15, 0.2) is 0 Å². The van der Waals surface area contributed by atoms with Crippen molar-refractivity contribution in [1.82, 2.24) is 15.5 Å². The van der Waals surface area contributed by atoms with Crippen LogP contribution in [0.1, 0.15) is 29.8 Å². The minimum Gasteiger partial charge on any atom is -0.372 e. The fourth-order valence-electron chi connectivity index (χ4n) is 2.70. The summed E-state index contributed by atoms with van der Waals surface area (Å²) >= 11 is 0. The average molecular weight is 331 g/mol. The topological polar surface area (TPSA) is 70.7 Å². The predicted octanol–water partition coefficient (Wildman–Crippen LogP) is 1.92. The number of ether oxygens (including phenoxy) is 1. The van der Waals surface area contributed by atoms with Crippen LogP contribution in [0.25, 0.3) is 0 Å². The normalized spacial score (nSPS) is 20.3. The Hall–Kier alpha value is -2.34. The lowest BCUT2D eigenvalue weighted by molar-refractivity contribution is -0.0586. The predicted molar refractivity (Wildman–Crippen MR) is 92.8 cm³/mol. The molecule has 0 saturated carbocycles. The number of rotatable bonds is 5. The molecule has 0 bridgehead atoms. The van der Waals surface area contributed by atoms with E-state index < -0.39 is 0 Å². The van der Waals surface area contributed by atoms with Crippen LogP contribution in [0.2, 0.25) is 0 Å². The number of carbonyl (C=O) groups excluding carboxylic acids is 2. The van der Waals surface area contributed by atoms with Crippen LogP contribution < -0.4 is 10.6 Å². The van der Waals surface area contributed by atoms with E-state index in [0.29, 0.717) is 31.7 Å². The van der Waals surface area contributed by atoms with Crippen molar-refractivity contribution in [3.05, 3.63) is 48.0 Å². The first-order valence-corrected chi connectivity index (χ1v) is 8.16. The van der Waals surface area contributed by atoms with Gasteiger partial charge in [0, 0.05) is 31.7 Å². The molecule has 3 amide bonds. The van der Waals surface area contributed by atoms with E-state index in [9.17, 15) is 9.59 Å². The third kappa shape index (κ3) is 5.09. The Kier molecular flexibility index (Phi) is 6.37. The van der Waals surface area contributed by atoms with Gasteiger partial charge in [-0.05, 0) is 31.5 Å². The molecule has 1 aromatic rings. The second kappa shape index (κ2) is 8.49. The molecule has 6 heteroatoms. The molecular weight excluding hydrogens is 306 g/mol. The lowest BCUT2D eigenvalue weighted by Crippen LogP contribution is -2.48. The summed E-state index contributed by atoms with van der Waals surface area (Å²) in [6, 6.07) is 7.06. The molecule has 0 spiro atoms. The summed E-state index contributed by atoms with van der Waals surface area (Å²) in [5.41, 5.74) is 1.58. The Bertz CT molecular complexity index is 576. The van der Waals surface area contributed by atoms with Gasteiger partial charge in [-0.25, -0.2) is 4.79 Å². The molecule has 1 fully saturated rings. The minimum absolute atomic E-state index is 0.0141. The zero-order valence-electron chi connectivity index (χ0n) is 14.2. The maximum Gasteiger partial charge on any atom is 0.315 e. The highest BCUT2D eigenvalue weighted by Crippen LogP contribution is 2.15. The first-order chi connectivity index (χ1) is 11.5. The molecule has 1 aliphatic heterocycles. The Balaban J connectivity index is 1.90. The Morgan fingerprint density at radius 3 is 2.42 bits per heavy atom. The van der Waals surface area contributed by atoms with Gasteiger partial charge in [-0.15, -0.1) is 6.58 Å². The lowest BCUT2D eigenvalue weighted by atomic mass is 10.1. The van der Waals surface area contributed by atoms with Crippen molar-refractivity contribution in [2.45, 2.75) is 32.6 Å². The maximum absolute atomic E-state index is 12.6. The zero-order chi connectivity index (χ0) is 17.5. The van der Waals surface area contributed by atoms with Gasteiger partial charge in [0.05, 0.1) is 12.2 Å². The molecule has 0 unspecified atom stereocenters. The molecule has 1 saturated heterocycles. The van der Waals surface area contributed by atoms with Crippen LogP contribution in [0.5, 0.6) is 0 Å². The molecule has 24 heavy (non-hydrogen) atoms. The molecule has 2 N–H and O–H groups in total. The van der Waals surface area contributed by atoms with Gasteiger partial charge in [0.1, 0.15) is 0 Å². The van der Waals surface area contributed by atoms with E-state index in [1.54, 1.807) is 18.2 Å². The number of hydrogen-bond acceptors (Lipinski definition) is 3. The quantitative estimate of drug-likeness (QED) is 0.810. The number of hydrogen-bond donors (Lipinski definition) is 2. The van der Waals surface area contributed by atoms with E-state index in [2.05, 4.69) is 17.2 Å². The maximum atomic E-state index is 12.6. The molecule has 6 nitrogen and oxygen atoms in total. The van der Waals surface area contributed by atoms with Gasteiger partial charge in [0.2, 0.25) is 0 Å². The second-order valence-corrected chi connectivity index (χ2v) is 6.02. The molecule has 130 valence electrons. The lowest BCUT2D eigenvalue weighted by Gasteiger charge is -2.35. The van der Waals surface area contributed by atoms with Crippen LogP contribution in [0.15, 0.2) is 36.9 Å². The number of carbonyl (C=O) groups is 2. The van der Waals surface area contributed by atoms with Crippen LogP contribution in [-0.4, -0.2) is 48.7 Å². The zero-order valence-corrected chi connectivity index (χ0v) is 14.2. The summed E-state index contributed by atoms with van der Waals surface area (Å²) < 4.78 is 5.66. The van der Waals surface area contributed by atoms with Crippen molar-refractivity contribution < 1.29 is 14.3 Å². The SMILES string of the molecule is C=CCNC(=O)NCc1ccc(C(=O)N2C[C@@H](C)O[C@H](C)C2)cc1. The smallest absolute Gasteiger partial charge is 0.315 e. The molecule has 1 aliphatic rings. The van der Waals surface area contributed by atoms with E-state index in [-0.39, 0.29) is 24.1 Å². The number of morpholine rings is 1. The van der Waals surface area contributed by atoms with E-state index in [1.165, 1.54) is 0 Å². The molecule has 0 aromatic heterocycles. The summed E-state index contributed by atoms with van der Waals surface area (Å²) in [5.74, 6) is 0.0141. The van der Waals surface area contributed by atoms with E-state index in [1.807, 2.05) is 30.9 Å². The summed E-state index contributed by atoms with van der Waals surface area (Å²) in [4.78, 5) is 25.9. The van der Waals surface area contributed by atoms with Gasteiger partial charge in [-0.2, -0.15) is 0 Å². The summed E-state index contributed by atoms with van der Waals surface area (Å²) in [7, 11) is 0. The molecule has 0 radical (unpaired) electrons. The van der Waals surface area contributed by atoms with E-state index in [0.717, 1.165) is 5.56 Å². The highest BCUT2D eigenvalue weighted by Gasteiger charge is 2.26. The first kappa shape index (κ1) is 18.0. The van der Waals surface area contributed by atoms with Crippen LogP contribution in [0, 0.1) is 0 Å². The minimum atomic E-state index is -0.244. The van der Waals surface area contributed by atoms with Gasteiger partial charge in [0.25, 0.3) is 5.91 Å². The molecule has 1 aromatic carbocycles. The van der Waals surface area contributed by atoms with Gasteiger partial charge in [-0.3, -0.25) is 4.79 Å². The van der Waals surface area contributed by atoms with Gasteiger partial charge >= 0.3 is 6.03 Å². The van der Waals surface area contributed by atoms with Crippen LogP contribution in [-0.2, 0) is 11.3 Å². The summed E-state index contributed by atoms with van der Waals surface area (Å²) in [6.45, 7) is 9.53. The van der Waals surface area contributed by atoms with Crippen LogP contribution in [0.3, 0.4) is 0 Å². The van der Waals surface area contributed by atoms with Gasteiger partial charge < -0.3 is 20.3 Å². The third-order valence-electron chi connectivity index (χ3n) is 3.77. The van der Waals surface area contributed by atoms with Crippen molar-refractivity contribution in [3.8, 4) is 0 Å². The molecular formula is C18H25N3O3. The number of benzene rings is 1. The Labute approximate surface area is 142 Å². The van der Waals surface area contributed by atoms with Crippen molar-refractivity contribution in [3.63, 3.8) is 0 Å². The fraction of sp³-hybridized carbons (Fsp3) is 0.444. The van der Waals surface area contributed by atoms with Crippen molar-refractivity contribution in [2.75, 3.05) is 19.6 Å². The van der Waals surface area contributed by atoms with E-state index in [4.69, 9.17) is 4.74 Å². The highest BCUT2D eigenvalue weighted by atomic mass is 16.5. The van der Waals surface area contributed by atoms with Crippen molar-refractivity contribution in [2.24, 2.45) is 0 Å².